The fraction of sp³-hybridized carbons (Fsp3) is 0.611. The van der Waals surface area contributed by atoms with E-state index in [0.717, 1.165) is 0 Å². The van der Waals surface area contributed by atoms with Gasteiger partial charge >= 0.3 is 5.97 Å². The molecule has 1 aliphatic heterocycles. The molecule has 1 aromatic rings. The van der Waals surface area contributed by atoms with Gasteiger partial charge in [-0.3, -0.25) is 9.59 Å². The van der Waals surface area contributed by atoms with E-state index in [2.05, 4.69) is 10.3 Å². The molecule has 0 spiro atoms. The number of amides is 2. The van der Waals surface area contributed by atoms with Gasteiger partial charge in [0.05, 0.1) is 23.7 Å². The van der Waals surface area contributed by atoms with Gasteiger partial charge in [-0.2, -0.15) is 0 Å². The number of H-pyrrole nitrogens is 1. The van der Waals surface area contributed by atoms with E-state index in [1.54, 1.807) is 13.8 Å². The van der Waals surface area contributed by atoms with E-state index < -0.39 is 27.8 Å². The minimum atomic E-state index is -3.10. The summed E-state index contributed by atoms with van der Waals surface area (Å²) in [6, 6.07) is -0.844. The van der Waals surface area contributed by atoms with Gasteiger partial charge in [0.15, 0.2) is 9.84 Å². The Morgan fingerprint density at radius 2 is 1.79 bits per heavy atom. The van der Waals surface area contributed by atoms with Crippen LogP contribution in [-0.4, -0.2) is 87.0 Å². The highest BCUT2D eigenvalue weighted by atomic mass is 32.2. The maximum absolute atomic E-state index is 12.6. The zero-order valence-corrected chi connectivity index (χ0v) is 17.8. The Morgan fingerprint density at radius 3 is 2.38 bits per heavy atom. The van der Waals surface area contributed by atoms with E-state index in [1.165, 1.54) is 18.9 Å². The third-order valence-electron chi connectivity index (χ3n) is 4.76. The minimum Gasteiger partial charge on any atom is -0.460 e. The van der Waals surface area contributed by atoms with Gasteiger partial charge in [0.1, 0.15) is 18.3 Å². The number of methoxy groups -OCH3 is 1. The molecule has 2 N–H and O–H groups in total. The lowest BCUT2D eigenvalue weighted by Gasteiger charge is -2.29. The second kappa shape index (κ2) is 9.40. The van der Waals surface area contributed by atoms with Crippen molar-refractivity contribution < 1.29 is 32.3 Å². The third-order valence-corrected chi connectivity index (χ3v) is 6.37. The van der Waals surface area contributed by atoms with Crippen LogP contribution in [0.25, 0.3) is 0 Å². The molecular formula is C18H27N3O7S. The van der Waals surface area contributed by atoms with Crippen LogP contribution in [0.1, 0.15) is 39.0 Å². The van der Waals surface area contributed by atoms with Crippen molar-refractivity contribution >= 4 is 27.6 Å². The van der Waals surface area contributed by atoms with Crippen molar-refractivity contribution in [1.82, 2.24) is 15.2 Å². The number of nitrogens with zero attached hydrogens (tertiary/aromatic N) is 1. The van der Waals surface area contributed by atoms with Gasteiger partial charge in [-0.05, 0) is 26.3 Å². The van der Waals surface area contributed by atoms with Gasteiger partial charge in [0, 0.05) is 25.9 Å². The van der Waals surface area contributed by atoms with Gasteiger partial charge in [-0.25, -0.2) is 13.2 Å². The lowest BCUT2D eigenvalue weighted by molar-refractivity contribution is -0.132. The van der Waals surface area contributed by atoms with Crippen molar-refractivity contribution in [3.63, 3.8) is 0 Å². The van der Waals surface area contributed by atoms with Crippen LogP contribution in [0.4, 0.5) is 0 Å². The summed E-state index contributed by atoms with van der Waals surface area (Å²) in [5.41, 5.74) is 1.34. The number of carbonyl (C=O) groups excluding carboxylic acids is 3. The van der Waals surface area contributed by atoms with Gasteiger partial charge in [-0.1, -0.05) is 0 Å². The standard InChI is InChI=1S/C18H27N3O7S/c1-11-14(18(24)28-8-7-27-4)12(2)19-15(11)16(22)20-13(3)17(23)21-5-9-29(25,26)10-6-21/h13,19H,5-10H2,1-4H3,(H,20,22). The van der Waals surface area contributed by atoms with Crippen molar-refractivity contribution in [1.29, 1.82) is 0 Å². The average molecular weight is 429 g/mol. The van der Waals surface area contributed by atoms with E-state index in [1.807, 2.05) is 0 Å². The Morgan fingerprint density at radius 1 is 1.17 bits per heavy atom. The topological polar surface area (TPSA) is 135 Å². The number of sulfone groups is 1. The molecule has 1 atom stereocenters. The number of nitrogens with one attached hydrogen (secondary N) is 2. The maximum Gasteiger partial charge on any atom is 0.340 e. The molecule has 2 amide bonds. The molecule has 1 aromatic heterocycles. The minimum absolute atomic E-state index is 0.0805. The second-order valence-corrected chi connectivity index (χ2v) is 9.23. The smallest absolute Gasteiger partial charge is 0.340 e. The van der Waals surface area contributed by atoms with Gasteiger partial charge < -0.3 is 24.7 Å². The summed E-state index contributed by atoms with van der Waals surface area (Å²) in [5, 5.41) is 2.60. The van der Waals surface area contributed by atoms with Crippen molar-refractivity contribution in [2.24, 2.45) is 0 Å². The lowest BCUT2D eigenvalue weighted by Crippen LogP contribution is -2.51. The fourth-order valence-corrected chi connectivity index (χ4v) is 4.31. The maximum atomic E-state index is 12.6. The number of esters is 1. The summed E-state index contributed by atoms with van der Waals surface area (Å²) in [7, 11) is -1.61. The van der Waals surface area contributed by atoms with Gasteiger partial charge in [0.2, 0.25) is 5.91 Å². The summed E-state index contributed by atoms with van der Waals surface area (Å²) in [6.45, 7) is 5.39. The first-order valence-electron chi connectivity index (χ1n) is 9.22. The summed E-state index contributed by atoms with van der Waals surface area (Å²) in [4.78, 5) is 41.7. The highest BCUT2D eigenvalue weighted by molar-refractivity contribution is 7.91. The number of aromatic amines is 1. The number of carbonyl (C=O) groups is 3. The van der Waals surface area contributed by atoms with E-state index in [0.29, 0.717) is 11.3 Å². The van der Waals surface area contributed by atoms with E-state index in [4.69, 9.17) is 9.47 Å². The monoisotopic (exact) mass is 429 g/mol. The van der Waals surface area contributed by atoms with Crippen LogP contribution >= 0.6 is 0 Å². The molecule has 11 heteroatoms. The molecule has 29 heavy (non-hydrogen) atoms. The number of hydrogen-bond acceptors (Lipinski definition) is 7. The number of aromatic nitrogens is 1. The summed E-state index contributed by atoms with van der Waals surface area (Å²) >= 11 is 0. The van der Waals surface area contributed by atoms with Gasteiger partial charge in [0.25, 0.3) is 5.91 Å². The van der Waals surface area contributed by atoms with E-state index in [9.17, 15) is 22.8 Å². The molecule has 0 radical (unpaired) electrons. The van der Waals surface area contributed by atoms with E-state index in [-0.39, 0.29) is 55.0 Å². The zero-order valence-electron chi connectivity index (χ0n) is 17.0. The van der Waals surface area contributed by atoms with Crippen molar-refractivity contribution in [3.05, 3.63) is 22.5 Å². The number of rotatable bonds is 7. The van der Waals surface area contributed by atoms with Crippen LogP contribution in [-0.2, 0) is 24.1 Å². The number of hydrogen-bond donors (Lipinski definition) is 2. The largest absolute Gasteiger partial charge is 0.460 e. The molecule has 0 aliphatic carbocycles. The zero-order chi connectivity index (χ0) is 21.8. The van der Waals surface area contributed by atoms with Crippen LogP contribution in [0.5, 0.6) is 0 Å². The Labute approximate surface area is 169 Å². The molecule has 10 nitrogen and oxygen atoms in total. The fourth-order valence-electron chi connectivity index (χ4n) is 3.11. The molecule has 2 rings (SSSR count). The first-order chi connectivity index (χ1) is 13.6. The Balaban J connectivity index is 2.04. The lowest BCUT2D eigenvalue weighted by atomic mass is 10.1. The molecule has 0 aromatic carbocycles. The summed E-state index contributed by atoms with van der Waals surface area (Å²) in [6.07, 6.45) is 0. The Bertz CT molecular complexity index is 878. The van der Waals surface area contributed by atoms with Crippen LogP contribution in [0, 0.1) is 13.8 Å². The van der Waals surface area contributed by atoms with Crippen LogP contribution in [0.3, 0.4) is 0 Å². The predicted octanol–water partition coefficient (Wildman–Crippen LogP) is -0.190. The molecule has 1 aliphatic rings. The molecule has 0 bridgehead atoms. The summed E-state index contributed by atoms with van der Waals surface area (Å²) < 4.78 is 33.0. The van der Waals surface area contributed by atoms with Crippen LogP contribution < -0.4 is 5.32 Å². The number of aryl methyl sites for hydroxylation is 1. The highest BCUT2D eigenvalue weighted by Crippen LogP contribution is 2.19. The molecule has 0 saturated carbocycles. The van der Waals surface area contributed by atoms with Crippen molar-refractivity contribution in [2.75, 3.05) is 44.9 Å². The van der Waals surface area contributed by atoms with Crippen molar-refractivity contribution in [2.45, 2.75) is 26.8 Å². The van der Waals surface area contributed by atoms with E-state index >= 15 is 0 Å². The second-order valence-electron chi connectivity index (χ2n) is 6.93. The molecule has 1 unspecified atom stereocenters. The van der Waals surface area contributed by atoms with Gasteiger partial charge in [-0.15, -0.1) is 0 Å². The molecule has 2 heterocycles. The van der Waals surface area contributed by atoms with Crippen molar-refractivity contribution in [3.8, 4) is 0 Å². The SMILES string of the molecule is COCCOC(=O)c1c(C)[nH]c(C(=O)NC(C)C(=O)N2CCS(=O)(=O)CC2)c1C. The predicted molar refractivity (Wildman–Crippen MR) is 105 cm³/mol. The molecule has 1 saturated heterocycles. The average Bonchev–Trinajstić information content (AvgIpc) is 2.95. The molecule has 1 fully saturated rings. The Kier molecular flexibility index (Phi) is 7.42. The first-order valence-corrected chi connectivity index (χ1v) is 11.0. The first kappa shape index (κ1) is 22.9. The molecule has 162 valence electrons. The number of ether oxygens (including phenoxy) is 2. The third kappa shape index (κ3) is 5.57. The van der Waals surface area contributed by atoms with Crippen LogP contribution in [0.15, 0.2) is 0 Å². The normalized spacial score (nSPS) is 16.9. The quantitative estimate of drug-likeness (QED) is 0.453. The summed E-state index contributed by atoms with van der Waals surface area (Å²) in [5.74, 6) is -1.61. The highest BCUT2D eigenvalue weighted by Gasteiger charge is 2.30. The van der Waals surface area contributed by atoms with Crippen LogP contribution in [0.2, 0.25) is 0 Å². The molecular weight excluding hydrogens is 402 g/mol. The Hall–Kier alpha value is -2.40.